The van der Waals surface area contributed by atoms with Gasteiger partial charge in [-0.15, -0.1) is 0 Å². The van der Waals surface area contributed by atoms with E-state index in [9.17, 15) is 0 Å². The summed E-state index contributed by atoms with van der Waals surface area (Å²) >= 11 is 0. The van der Waals surface area contributed by atoms with Gasteiger partial charge >= 0.3 is 0 Å². The van der Waals surface area contributed by atoms with Crippen LogP contribution in [-0.4, -0.2) is 27.6 Å². The Kier molecular flexibility index (Phi) is 7.06. The minimum atomic E-state index is -2.23. The van der Waals surface area contributed by atoms with Crippen molar-refractivity contribution in [2.75, 3.05) is 0 Å². The third kappa shape index (κ3) is 4.72. The number of rotatable bonds is 3. The summed E-state index contributed by atoms with van der Waals surface area (Å²) in [5.41, 5.74) is 11.3. The summed E-state index contributed by atoms with van der Waals surface area (Å²) in [6, 6.07) is 71.3. The van der Waals surface area contributed by atoms with Crippen molar-refractivity contribution in [1.29, 1.82) is 0 Å². The molecule has 1 atom stereocenters. The largest absolute Gasteiger partial charge is 0.309 e. The molecule has 0 saturated carbocycles. The summed E-state index contributed by atoms with van der Waals surface area (Å²) in [6.07, 6.45) is 0. The smallest absolute Gasteiger partial charge is 0.164 e. The first-order valence-electron chi connectivity index (χ1n) is 21.1. The lowest BCUT2D eigenvalue weighted by atomic mass is 9.62. The lowest BCUT2D eigenvalue weighted by molar-refractivity contribution is 0.732. The van der Waals surface area contributed by atoms with Crippen molar-refractivity contribution in [3.63, 3.8) is 0 Å². The molecule has 0 bridgehead atoms. The zero-order valence-corrected chi connectivity index (χ0v) is 34.8. The molecule has 1 unspecified atom stereocenters. The molecule has 2 aromatic heterocycles. The van der Waals surface area contributed by atoms with E-state index in [-0.39, 0.29) is 0 Å². The van der Waals surface area contributed by atoms with Crippen LogP contribution in [0.15, 0.2) is 194 Å². The predicted octanol–water partition coefficient (Wildman–Crippen LogP) is 12.1. The number of para-hydroxylation sites is 3. The molecule has 61 heavy (non-hydrogen) atoms. The molecule has 0 radical (unpaired) electrons. The van der Waals surface area contributed by atoms with Crippen LogP contribution in [0.1, 0.15) is 22.3 Å². The van der Waals surface area contributed by atoms with Gasteiger partial charge in [0.2, 0.25) is 0 Å². The van der Waals surface area contributed by atoms with E-state index in [1.807, 2.05) is 0 Å². The normalized spacial score (nSPS) is 15.9. The molecular weight excluding hydrogens is 757 g/mol. The third-order valence-electron chi connectivity index (χ3n) is 13.7. The van der Waals surface area contributed by atoms with Gasteiger partial charge in [0.25, 0.3) is 0 Å². The van der Waals surface area contributed by atoms with Crippen LogP contribution in [0.2, 0.25) is 13.1 Å². The van der Waals surface area contributed by atoms with E-state index >= 15 is 0 Å². The number of hydrogen-bond donors (Lipinski definition) is 0. The number of fused-ring (bicyclic) bond motifs is 13. The molecule has 2 aliphatic rings. The van der Waals surface area contributed by atoms with E-state index in [1.165, 1.54) is 70.9 Å². The zero-order valence-electron chi connectivity index (χ0n) is 33.8. The van der Waals surface area contributed by atoms with Gasteiger partial charge in [0.15, 0.2) is 17.5 Å². The number of benzene rings is 9. The van der Waals surface area contributed by atoms with Crippen LogP contribution in [0.3, 0.4) is 0 Å². The van der Waals surface area contributed by atoms with E-state index in [0.29, 0.717) is 17.5 Å². The molecule has 0 saturated heterocycles. The lowest BCUT2D eigenvalue weighted by Gasteiger charge is -2.49. The Bertz CT molecular complexity index is 3560. The SMILES string of the molecule is C[Si]1(C)c2ccccc2C2(c3ccccc3-n3c4ccccc4c4cccc2c43)c2cc(-c3nc(-c4ccc5ccccc5c4)nc(-c4ccc5ccccc5c4)n3)ccc21. The Balaban J connectivity index is 1.12. The fourth-order valence-electron chi connectivity index (χ4n) is 10.9. The van der Waals surface area contributed by atoms with Crippen LogP contribution < -0.4 is 10.4 Å². The van der Waals surface area contributed by atoms with E-state index in [1.54, 1.807) is 0 Å². The Morgan fingerprint density at radius 1 is 0.393 bits per heavy atom. The summed E-state index contributed by atoms with van der Waals surface area (Å²) in [6.45, 7) is 5.03. The monoisotopic (exact) mass is 794 g/mol. The molecule has 286 valence electrons. The fourth-order valence-corrected chi connectivity index (χ4v) is 14.1. The second-order valence-corrected chi connectivity index (χ2v) is 21.5. The van der Waals surface area contributed by atoms with E-state index in [4.69, 9.17) is 15.0 Å². The third-order valence-corrected chi connectivity index (χ3v) is 17.2. The Morgan fingerprint density at radius 3 is 1.61 bits per heavy atom. The van der Waals surface area contributed by atoms with E-state index in [0.717, 1.165) is 27.5 Å². The molecule has 4 heterocycles. The molecule has 13 rings (SSSR count). The molecule has 9 aromatic carbocycles. The number of aromatic nitrogens is 4. The van der Waals surface area contributed by atoms with Gasteiger partial charge in [-0.25, -0.2) is 15.0 Å². The first-order valence-corrected chi connectivity index (χ1v) is 24.1. The van der Waals surface area contributed by atoms with Gasteiger partial charge in [-0.05, 0) is 84.5 Å². The van der Waals surface area contributed by atoms with Crippen molar-refractivity contribution in [3.8, 4) is 39.9 Å². The molecule has 2 aliphatic heterocycles. The fraction of sp³-hybridized carbons (Fsp3) is 0.0536. The Hall–Kier alpha value is -7.47. The highest BCUT2D eigenvalue weighted by atomic mass is 28.3. The van der Waals surface area contributed by atoms with Crippen molar-refractivity contribution in [1.82, 2.24) is 19.5 Å². The number of hydrogen-bond acceptors (Lipinski definition) is 3. The quantitative estimate of drug-likeness (QED) is 0.167. The molecule has 4 nitrogen and oxygen atoms in total. The molecule has 0 amide bonds. The summed E-state index contributed by atoms with van der Waals surface area (Å²) in [5.74, 6) is 1.97. The van der Waals surface area contributed by atoms with Gasteiger partial charge in [-0.3, -0.25) is 0 Å². The van der Waals surface area contributed by atoms with Crippen molar-refractivity contribution in [2.24, 2.45) is 0 Å². The second-order valence-electron chi connectivity index (χ2n) is 17.2. The molecule has 0 fully saturated rings. The maximum Gasteiger partial charge on any atom is 0.164 e. The van der Waals surface area contributed by atoms with Gasteiger partial charge < -0.3 is 4.57 Å². The Morgan fingerprint density at radius 2 is 0.902 bits per heavy atom. The summed E-state index contributed by atoms with van der Waals surface area (Å²) in [5, 5.41) is 10.1. The van der Waals surface area contributed by atoms with Crippen molar-refractivity contribution < 1.29 is 0 Å². The molecular formula is C56H38N4Si. The summed E-state index contributed by atoms with van der Waals surface area (Å²) in [7, 11) is -2.23. The zero-order chi connectivity index (χ0) is 40.5. The molecule has 0 aliphatic carbocycles. The molecule has 11 aromatic rings. The minimum absolute atomic E-state index is 0.597. The topological polar surface area (TPSA) is 43.6 Å². The molecule has 0 N–H and O–H groups in total. The van der Waals surface area contributed by atoms with Crippen LogP contribution in [0.4, 0.5) is 0 Å². The summed E-state index contributed by atoms with van der Waals surface area (Å²) < 4.78 is 2.52. The van der Waals surface area contributed by atoms with E-state index < -0.39 is 13.5 Å². The van der Waals surface area contributed by atoms with Crippen LogP contribution in [0, 0.1) is 0 Å². The number of nitrogens with zero attached hydrogens (tertiary/aromatic N) is 4. The van der Waals surface area contributed by atoms with Crippen LogP contribution >= 0.6 is 0 Å². The summed E-state index contributed by atoms with van der Waals surface area (Å²) in [4.78, 5) is 15.9. The first kappa shape index (κ1) is 34.4. The van der Waals surface area contributed by atoms with Crippen molar-refractivity contribution in [3.05, 3.63) is 216 Å². The maximum atomic E-state index is 5.36. The van der Waals surface area contributed by atoms with E-state index in [2.05, 4.69) is 212 Å². The van der Waals surface area contributed by atoms with Gasteiger partial charge in [0, 0.05) is 27.5 Å². The van der Waals surface area contributed by atoms with Gasteiger partial charge in [0.1, 0.15) is 8.07 Å². The highest BCUT2D eigenvalue weighted by Crippen LogP contribution is 2.55. The maximum absolute atomic E-state index is 5.36. The lowest BCUT2D eigenvalue weighted by Crippen LogP contribution is -2.63. The van der Waals surface area contributed by atoms with Crippen molar-refractivity contribution in [2.45, 2.75) is 18.5 Å². The second kappa shape index (κ2) is 12.5. The van der Waals surface area contributed by atoms with Crippen LogP contribution in [0.5, 0.6) is 0 Å². The van der Waals surface area contributed by atoms with Crippen molar-refractivity contribution >= 4 is 61.8 Å². The van der Waals surface area contributed by atoms with Gasteiger partial charge in [-0.2, -0.15) is 0 Å². The highest BCUT2D eigenvalue weighted by Gasteiger charge is 2.53. The average Bonchev–Trinajstić information content (AvgIpc) is 3.66. The van der Waals surface area contributed by atoms with Crippen LogP contribution in [-0.2, 0) is 5.41 Å². The minimum Gasteiger partial charge on any atom is -0.309 e. The first-order chi connectivity index (χ1) is 30.0. The molecule has 1 spiro atoms. The highest BCUT2D eigenvalue weighted by molar-refractivity contribution is 7.01. The van der Waals surface area contributed by atoms with Gasteiger partial charge in [-0.1, -0.05) is 177 Å². The van der Waals surface area contributed by atoms with Crippen LogP contribution in [0.25, 0.3) is 83.2 Å². The molecule has 5 heteroatoms. The van der Waals surface area contributed by atoms with Gasteiger partial charge in [0.05, 0.1) is 22.1 Å². The predicted molar refractivity (Wildman–Crippen MR) is 254 cm³/mol. The average molecular weight is 795 g/mol. The standard InChI is InChI=1S/C56H38N4Si/c1-61(2)50-25-12-9-21-45(50)56(44-20-8-11-24-49(44)60-48-23-10-7-18-42(48)43-19-13-22-46(56)52(43)60)47-34-41(30-31-51(47)61)55-58-53(39-28-26-35-14-3-5-16-37(35)32-39)57-54(59-55)40-29-27-36-15-4-6-17-38(36)33-40/h3-34H,1-2H3. The Labute approximate surface area is 354 Å².